The molecule has 3 heterocycles. The first kappa shape index (κ1) is 19.6. The fraction of sp³-hybridized carbons (Fsp3) is 0.429. The molecule has 3 aromatic rings. The van der Waals surface area contributed by atoms with Crippen LogP contribution in [0.5, 0.6) is 0 Å². The quantitative estimate of drug-likeness (QED) is 0.604. The SMILES string of the molecule is Cc1ccc(-n2ncc(N3CCC(c4nncn4C4CC4)CC3)c(Cl)c2=O)cc1Cl. The summed E-state index contributed by atoms with van der Waals surface area (Å²) in [5.74, 6) is 1.47. The molecule has 30 heavy (non-hydrogen) atoms. The van der Waals surface area contributed by atoms with E-state index < -0.39 is 0 Å². The largest absolute Gasteiger partial charge is 0.369 e. The highest BCUT2D eigenvalue weighted by atomic mass is 35.5. The van der Waals surface area contributed by atoms with E-state index >= 15 is 0 Å². The second-order valence-electron chi connectivity index (χ2n) is 8.08. The number of nitrogens with zero attached hydrogens (tertiary/aromatic N) is 6. The molecule has 0 atom stereocenters. The molecule has 0 spiro atoms. The van der Waals surface area contributed by atoms with Crippen LogP contribution in [-0.4, -0.2) is 37.6 Å². The molecule has 0 bridgehead atoms. The van der Waals surface area contributed by atoms with Crippen molar-refractivity contribution >= 4 is 28.9 Å². The Bertz CT molecular complexity index is 1140. The van der Waals surface area contributed by atoms with Crippen molar-refractivity contribution in [2.75, 3.05) is 18.0 Å². The van der Waals surface area contributed by atoms with Gasteiger partial charge >= 0.3 is 0 Å². The van der Waals surface area contributed by atoms with E-state index in [1.165, 1.54) is 17.5 Å². The van der Waals surface area contributed by atoms with Gasteiger partial charge in [-0.3, -0.25) is 4.79 Å². The van der Waals surface area contributed by atoms with Crippen LogP contribution in [0.3, 0.4) is 0 Å². The van der Waals surface area contributed by atoms with Crippen molar-refractivity contribution in [1.82, 2.24) is 24.5 Å². The van der Waals surface area contributed by atoms with Gasteiger partial charge in [0.1, 0.15) is 17.2 Å². The summed E-state index contributed by atoms with van der Waals surface area (Å²) in [4.78, 5) is 15.0. The summed E-state index contributed by atoms with van der Waals surface area (Å²) < 4.78 is 3.53. The molecule has 1 saturated heterocycles. The van der Waals surface area contributed by atoms with E-state index in [9.17, 15) is 4.79 Å². The Labute approximate surface area is 184 Å². The predicted molar refractivity (Wildman–Crippen MR) is 117 cm³/mol. The van der Waals surface area contributed by atoms with Crippen LogP contribution in [0.1, 0.15) is 49.0 Å². The van der Waals surface area contributed by atoms with Gasteiger partial charge in [0.15, 0.2) is 0 Å². The average molecular weight is 445 g/mol. The van der Waals surface area contributed by atoms with Crippen LogP contribution in [0.2, 0.25) is 10.0 Å². The molecule has 9 heteroatoms. The maximum atomic E-state index is 12.9. The van der Waals surface area contributed by atoms with Crippen molar-refractivity contribution < 1.29 is 0 Å². The highest BCUT2D eigenvalue weighted by molar-refractivity contribution is 6.33. The molecule has 2 fully saturated rings. The molecule has 2 aromatic heterocycles. The molecule has 0 amide bonds. The number of aryl methyl sites for hydroxylation is 1. The second kappa shape index (κ2) is 7.71. The molecule has 0 unspecified atom stereocenters. The Hall–Kier alpha value is -2.38. The highest BCUT2D eigenvalue weighted by Gasteiger charge is 2.31. The molecule has 1 saturated carbocycles. The smallest absolute Gasteiger partial charge is 0.292 e. The summed E-state index contributed by atoms with van der Waals surface area (Å²) in [5, 5.41) is 13.6. The summed E-state index contributed by atoms with van der Waals surface area (Å²) in [6, 6.07) is 5.98. The molecule has 0 N–H and O–H groups in total. The second-order valence-corrected chi connectivity index (χ2v) is 8.87. The van der Waals surface area contributed by atoms with Gasteiger partial charge in [-0.25, -0.2) is 0 Å². The van der Waals surface area contributed by atoms with E-state index in [2.05, 4.69) is 24.8 Å². The molecule has 1 aromatic carbocycles. The van der Waals surface area contributed by atoms with Gasteiger partial charge in [0.2, 0.25) is 0 Å². The van der Waals surface area contributed by atoms with Crippen LogP contribution in [-0.2, 0) is 0 Å². The number of rotatable bonds is 4. The summed E-state index contributed by atoms with van der Waals surface area (Å²) in [5.41, 5.74) is 1.88. The van der Waals surface area contributed by atoms with Crippen molar-refractivity contribution in [2.45, 2.75) is 44.6 Å². The summed E-state index contributed by atoms with van der Waals surface area (Å²) >= 11 is 12.7. The minimum absolute atomic E-state index is 0.182. The minimum Gasteiger partial charge on any atom is -0.369 e. The summed E-state index contributed by atoms with van der Waals surface area (Å²) in [6.07, 6.45) is 7.85. The third-order valence-electron chi connectivity index (χ3n) is 6.04. The Kier molecular flexibility index (Phi) is 5.03. The van der Waals surface area contributed by atoms with E-state index in [4.69, 9.17) is 23.2 Å². The number of anilines is 1. The number of halogens is 2. The van der Waals surface area contributed by atoms with Crippen LogP contribution in [0, 0.1) is 6.92 Å². The van der Waals surface area contributed by atoms with Gasteiger partial charge in [0.25, 0.3) is 5.56 Å². The number of hydrogen-bond acceptors (Lipinski definition) is 5. The van der Waals surface area contributed by atoms with Crippen LogP contribution >= 0.6 is 23.2 Å². The van der Waals surface area contributed by atoms with Crippen LogP contribution in [0.25, 0.3) is 5.69 Å². The molecule has 5 rings (SSSR count). The summed E-state index contributed by atoms with van der Waals surface area (Å²) in [7, 11) is 0. The van der Waals surface area contributed by atoms with E-state index in [0.29, 0.717) is 28.4 Å². The van der Waals surface area contributed by atoms with E-state index in [-0.39, 0.29) is 10.6 Å². The van der Waals surface area contributed by atoms with Gasteiger partial charge in [-0.1, -0.05) is 29.3 Å². The van der Waals surface area contributed by atoms with E-state index in [1.807, 2.05) is 25.4 Å². The van der Waals surface area contributed by atoms with Crippen LogP contribution in [0.4, 0.5) is 5.69 Å². The number of hydrogen-bond donors (Lipinski definition) is 0. The Morgan fingerprint density at radius 1 is 1.10 bits per heavy atom. The topological polar surface area (TPSA) is 68.8 Å². The van der Waals surface area contributed by atoms with E-state index in [0.717, 1.165) is 37.3 Å². The zero-order chi connectivity index (χ0) is 20.8. The maximum absolute atomic E-state index is 12.9. The normalized spacial score (nSPS) is 17.5. The molecule has 1 aliphatic heterocycles. The van der Waals surface area contributed by atoms with Gasteiger partial charge in [0, 0.05) is 30.1 Å². The molecular weight excluding hydrogens is 423 g/mol. The number of aromatic nitrogens is 5. The van der Waals surface area contributed by atoms with Gasteiger partial charge in [0.05, 0.1) is 17.6 Å². The molecule has 1 aliphatic carbocycles. The molecule has 7 nitrogen and oxygen atoms in total. The Balaban J connectivity index is 1.35. The highest BCUT2D eigenvalue weighted by Crippen LogP contribution is 2.39. The van der Waals surface area contributed by atoms with Crippen molar-refractivity contribution in [3.63, 3.8) is 0 Å². The molecule has 156 valence electrons. The average Bonchev–Trinajstić information content (AvgIpc) is 3.49. The monoisotopic (exact) mass is 444 g/mol. The first-order chi connectivity index (χ1) is 14.5. The van der Waals surface area contributed by atoms with Gasteiger partial charge < -0.3 is 9.47 Å². The van der Waals surface area contributed by atoms with Gasteiger partial charge in [-0.05, 0) is 50.3 Å². The zero-order valence-electron chi connectivity index (χ0n) is 16.6. The van der Waals surface area contributed by atoms with Crippen LogP contribution in [0.15, 0.2) is 35.5 Å². The van der Waals surface area contributed by atoms with Crippen molar-refractivity contribution in [1.29, 1.82) is 0 Å². The van der Waals surface area contributed by atoms with Crippen LogP contribution < -0.4 is 10.5 Å². The lowest BCUT2D eigenvalue weighted by Gasteiger charge is -2.33. The Morgan fingerprint density at radius 3 is 2.57 bits per heavy atom. The van der Waals surface area contributed by atoms with E-state index in [1.54, 1.807) is 12.3 Å². The summed E-state index contributed by atoms with van der Waals surface area (Å²) in [6.45, 7) is 3.50. The zero-order valence-corrected chi connectivity index (χ0v) is 18.1. The van der Waals surface area contributed by atoms with Crippen molar-refractivity contribution in [3.8, 4) is 5.69 Å². The number of benzene rings is 1. The minimum atomic E-state index is -0.343. The van der Waals surface area contributed by atoms with Gasteiger partial charge in [-0.15, -0.1) is 10.2 Å². The fourth-order valence-electron chi connectivity index (χ4n) is 4.10. The third-order valence-corrected chi connectivity index (χ3v) is 6.80. The van der Waals surface area contributed by atoms with Gasteiger partial charge in [-0.2, -0.15) is 9.78 Å². The molecule has 0 radical (unpaired) electrons. The van der Waals surface area contributed by atoms with Crippen molar-refractivity contribution in [2.24, 2.45) is 0 Å². The molecular formula is C21H22Cl2N6O. The third kappa shape index (κ3) is 3.50. The maximum Gasteiger partial charge on any atom is 0.292 e. The lowest BCUT2D eigenvalue weighted by Crippen LogP contribution is -2.35. The molecule has 2 aliphatic rings. The number of piperidine rings is 1. The first-order valence-corrected chi connectivity index (χ1v) is 11.0. The fourth-order valence-corrected chi connectivity index (χ4v) is 4.52. The standard InChI is InChI=1S/C21H22Cl2N6O/c1-13-2-3-16(10-17(13)22)29-21(30)19(23)18(11-25-29)27-8-6-14(7-9-27)20-26-24-12-28(20)15-4-5-15/h2-3,10-12,14-15H,4-9H2,1H3. The predicted octanol–water partition coefficient (Wildman–Crippen LogP) is 4.16. The van der Waals surface area contributed by atoms with Crippen molar-refractivity contribution in [3.05, 3.63) is 62.5 Å². The first-order valence-electron chi connectivity index (χ1n) is 10.2. The lowest BCUT2D eigenvalue weighted by atomic mass is 9.95. The lowest BCUT2D eigenvalue weighted by molar-refractivity contribution is 0.464. The Morgan fingerprint density at radius 2 is 1.87 bits per heavy atom.